The van der Waals surface area contributed by atoms with Crippen molar-refractivity contribution in [1.82, 2.24) is 10.3 Å². The molecular formula is C8H11BN2O. The van der Waals surface area contributed by atoms with Gasteiger partial charge in [0.1, 0.15) is 13.5 Å². The van der Waals surface area contributed by atoms with Crippen LogP contribution in [0.15, 0.2) is 18.3 Å². The molecule has 0 spiro atoms. The summed E-state index contributed by atoms with van der Waals surface area (Å²) in [7, 11) is 9.09. The van der Waals surface area contributed by atoms with Crippen molar-refractivity contribution in [3.05, 3.63) is 24.0 Å². The van der Waals surface area contributed by atoms with Gasteiger partial charge in [-0.3, -0.25) is 9.78 Å². The predicted molar refractivity (Wildman–Crippen MR) is 50.0 cm³/mol. The van der Waals surface area contributed by atoms with E-state index in [9.17, 15) is 4.79 Å². The van der Waals surface area contributed by atoms with Crippen LogP contribution in [-0.2, 0) is 0 Å². The molecule has 62 valence electrons. The van der Waals surface area contributed by atoms with E-state index in [0.29, 0.717) is 17.4 Å². The quantitative estimate of drug-likeness (QED) is 0.448. The van der Waals surface area contributed by atoms with Crippen molar-refractivity contribution in [1.29, 1.82) is 0 Å². The van der Waals surface area contributed by atoms with E-state index in [1.165, 1.54) is 12.3 Å². The Morgan fingerprint density at radius 3 is 2.50 bits per heavy atom. The van der Waals surface area contributed by atoms with E-state index in [4.69, 9.17) is 7.85 Å². The summed E-state index contributed by atoms with van der Waals surface area (Å²) >= 11 is 0. The molecule has 1 rings (SSSR count). The molecule has 12 heavy (non-hydrogen) atoms. The second-order valence-electron chi connectivity index (χ2n) is 2.13. The monoisotopic (exact) mass is 162 g/mol. The van der Waals surface area contributed by atoms with E-state index in [1.807, 2.05) is 14.1 Å². The topological polar surface area (TPSA) is 42.0 Å². The van der Waals surface area contributed by atoms with Gasteiger partial charge in [-0.25, -0.2) is 0 Å². The van der Waals surface area contributed by atoms with Crippen LogP contribution in [0.2, 0.25) is 0 Å². The van der Waals surface area contributed by atoms with Crippen LogP contribution >= 0.6 is 0 Å². The van der Waals surface area contributed by atoms with Gasteiger partial charge in [0.05, 0.1) is 0 Å². The summed E-state index contributed by atoms with van der Waals surface area (Å²) in [6.45, 7) is 0. The lowest BCUT2D eigenvalue weighted by Gasteiger charge is -1.89. The summed E-state index contributed by atoms with van der Waals surface area (Å²) in [6.07, 6.45) is 2.16. The summed E-state index contributed by atoms with van der Waals surface area (Å²) in [5.41, 5.74) is 0.933. The molecule has 0 amide bonds. The number of rotatable bonds is 1. The Bertz CT molecular complexity index is 240. The number of aldehydes is 1. The Morgan fingerprint density at radius 1 is 1.58 bits per heavy atom. The molecule has 0 aliphatic carbocycles. The first-order valence-corrected chi connectivity index (χ1v) is 3.49. The number of nitrogens with zero attached hydrogens (tertiary/aromatic N) is 1. The maximum atomic E-state index is 10.0. The van der Waals surface area contributed by atoms with Crippen LogP contribution in [-0.4, -0.2) is 33.2 Å². The van der Waals surface area contributed by atoms with Crippen LogP contribution in [0.5, 0.6) is 0 Å². The number of aromatic nitrogens is 1. The average Bonchev–Trinajstić information content (AvgIpc) is 2.06. The zero-order valence-corrected chi connectivity index (χ0v) is 7.24. The maximum Gasteiger partial charge on any atom is 0.168 e. The minimum atomic E-state index is 0.370. The molecule has 0 aromatic carbocycles. The van der Waals surface area contributed by atoms with Gasteiger partial charge in [0.15, 0.2) is 6.29 Å². The molecule has 0 unspecified atom stereocenters. The molecule has 2 radical (unpaired) electrons. The zero-order chi connectivity index (χ0) is 9.40. The van der Waals surface area contributed by atoms with Gasteiger partial charge >= 0.3 is 0 Å². The highest BCUT2D eigenvalue weighted by molar-refractivity contribution is 6.32. The normalized spacial score (nSPS) is 8.17. The number of pyridine rings is 1. The summed E-state index contributed by atoms with van der Waals surface area (Å²) in [4.78, 5) is 13.8. The summed E-state index contributed by atoms with van der Waals surface area (Å²) in [5.74, 6) is 0. The fraction of sp³-hybridized carbons (Fsp3) is 0.250. The van der Waals surface area contributed by atoms with Gasteiger partial charge in [0, 0.05) is 6.20 Å². The van der Waals surface area contributed by atoms with E-state index in [0.717, 1.165) is 0 Å². The average molecular weight is 162 g/mol. The molecule has 0 atom stereocenters. The molecule has 0 aliphatic heterocycles. The van der Waals surface area contributed by atoms with Gasteiger partial charge in [-0.2, -0.15) is 0 Å². The lowest BCUT2D eigenvalue weighted by molar-refractivity contribution is 0.111. The SMILES string of the molecule is CNC.[B]c1ccnc(C=O)c1. The first-order valence-electron chi connectivity index (χ1n) is 3.49. The van der Waals surface area contributed by atoms with Crippen LogP contribution < -0.4 is 10.8 Å². The zero-order valence-electron chi connectivity index (χ0n) is 7.24. The highest BCUT2D eigenvalue weighted by Gasteiger charge is 1.87. The fourth-order valence-corrected chi connectivity index (χ4v) is 0.530. The van der Waals surface area contributed by atoms with Crippen LogP contribution in [0.25, 0.3) is 0 Å². The minimum absolute atomic E-state index is 0.370. The Labute approximate surface area is 73.6 Å². The van der Waals surface area contributed by atoms with Crippen molar-refractivity contribution in [2.24, 2.45) is 0 Å². The molecule has 3 nitrogen and oxygen atoms in total. The number of hydrogen-bond acceptors (Lipinski definition) is 3. The Hall–Kier alpha value is -1.16. The summed E-state index contributed by atoms with van der Waals surface area (Å²) in [5, 5.41) is 2.75. The van der Waals surface area contributed by atoms with Crippen LogP contribution in [0.4, 0.5) is 0 Å². The first-order chi connectivity index (χ1) is 5.74. The third-order valence-corrected chi connectivity index (χ3v) is 0.926. The van der Waals surface area contributed by atoms with Gasteiger partial charge in [-0.15, -0.1) is 0 Å². The van der Waals surface area contributed by atoms with Gasteiger partial charge in [0.25, 0.3) is 0 Å². The van der Waals surface area contributed by atoms with E-state index in [-0.39, 0.29) is 0 Å². The first kappa shape index (κ1) is 10.8. The lowest BCUT2D eigenvalue weighted by atomic mass is 9.97. The highest BCUT2D eigenvalue weighted by atomic mass is 16.1. The van der Waals surface area contributed by atoms with Gasteiger partial charge in [-0.1, -0.05) is 11.5 Å². The van der Waals surface area contributed by atoms with Crippen LogP contribution in [0.3, 0.4) is 0 Å². The van der Waals surface area contributed by atoms with Gasteiger partial charge in [-0.05, 0) is 20.2 Å². The summed E-state index contributed by atoms with van der Waals surface area (Å²) < 4.78 is 0. The molecule has 4 heteroatoms. The van der Waals surface area contributed by atoms with Crippen LogP contribution in [0, 0.1) is 0 Å². The molecular weight excluding hydrogens is 151 g/mol. The van der Waals surface area contributed by atoms with E-state index >= 15 is 0 Å². The molecule has 1 N–H and O–H groups in total. The predicted octanol–water partition coefficient (Wildman–Crippen LogP) is -0.477. The highest BCUT2D eigenvalue weighted by Crippen LogP contribution is 1.82. The molecule has 1 aromatic heterocycles. The van der Waals surface area contributed by atoms with Crippen molar-refractivity contribution in [3.8, 4) is 0 Å². The Morgan fingerprint density at radius 2 is 2.17 bits per heavy atom. The van der Waals surface area contributed by atoms with Crippen LogP contribution in [0.1, 0.15) is 10.5 Å². The minimum Gasteiger partial charge on any atom is -0.323 e. The number of carbonyl (C=O) groups is 1. The lowest BCUT2D eigenvalue weighted by Crippen LogP contribution is -2.03. The second kappa shape index (κ2) is 6.55. The Kier molecular flexibility index (Phi) is 5.92. The standard InChI is InChI=1S/C6H4BNO.C2H7N/c7-5-1-2-8-6(3-5)4-9;1-3-2/h1-4H;3H,1-2H3. The van der Waals surface area contributed by atoms with E-state index in [2.05, 4.69) is 10.3 Å². The molecule has 0 fully saturated rings. The molecule has 0 saturated heterocycles. The number of hydrogen-bond donors (Lipinski definition) is 1. The molecule has 0 aliphatic rings. The van der Waals surface area contributed by atoms with Crippen molar-refractivity contribution >= 4 is 19.6 Å². The largest absolute Gasteiger partial charge is 0.323 e. The molecule has 1 heterocycles. The maximum absolute atomic E-state index is 10.0. The smallest absolute Gasteiger partial charge is 0.168 e. The fourth-order valence-electron chi connectivity index (χ4n) is 0.530. The van der Waals surface area contributed by atoms with Crippen molar-refractivity contribution < 1.29 is 4.79 Å². The number of carbonyl (C=O) groups excluding carboxylic acids is 1. The number of nitrogens with one attached hydrogen (secondary N) is 1. The van der Waals surface area contributed by atoms with E-state index in [1.54, 1.807) is 6.07 Å². The third-order valence-electron chi connectivity index (χ3n) is 0.926. The van der Waals surface area contributed by atoms with Crippen molar-refractivity contribution in [2.75, 3.05) is 14.1 Å². The Balaban J connectivity index is 0.000000354. The van der Waals surface area contributed by atoms with Crippen molar-refractivity contribution in [2.45, 2.75) is 0 Å². The molecule has 0 saturated carbocycles. The summed E-state index contributed by atoms with van der Waals surface area (Å²) in [6, 6.07) is 3.15. The van der Waals surface area contributed by atoms with E-state index < -0.39 is 0 Å². The third kappa shape index (κ3) is 4.63. The second-order valence-corrected chi connectivity index (χ2v) is 2.13. The molecule has 0 bridgehead atoms. The molecule has 1 aromatic rings. The van der Waals surface area contributed by atoms with Crippen molar-refractivity contribution in [3.63, 3.8) is 0 Å². The van der Waals surface area contributed by atoms with Gasteiger partial charge < -0.3 is 5.32 Å². The van der Waals surface area contributed by atoms with Gasteiger partial charge in [0.2, 0.25) is 0 Å².